The third kappa shape index (κ3) is 8.92. The van der Waals surface area contributed by atoms with Crippen LogP contribution in [0.4, 0.5) is 0 Å². The van der Waals surface area contributed by atoms with Gasteiger partial charge in [0, 0.05) is 6.61 Å². The Hall–Kier alpha value is 0.920. The maximum absolute atomic E-state index is 5.18. The van der Waals surface area contributed by atoms with Crippen molar-refractivity contribution >= 4 is 31.9 Å². The van der Waals surface area contributed by atoms with Crippen LogP contribution in [0, 0.1) is 0 Å². The number of hydrogen-bond donors (Lipinski definition) is 0. The van der Waals surface area contributed by atoms with Gasteiger partial charge in [-0.2, -0.15) is 0 Å². The van der Waals surface area contributed by atoms with Crippen molar-refractivity contribution in [1.82, 2.24) is 0 Å². The molecule has 0 radical (unpaired) electrons. The highest BCUT2D eigenvalue weighted by molar-refractivity contribution is 9.24. The molecule has 0 atom stereocenters. The maximum Gasteiger partial charge on any atom is 0.167 e. The summed E-state index contributed by atoms with van der Waals surface area (Å²) in [5, 5.41) is 0. The number of halogens is 2. The average Bonchev–Trinajstić information content (AvgIpc) is 1.80. The van der Waals surface area contributed by atoms with Gasteiger partial charge >= 0.3 is 0 Å². The molecule has 0 spiro atoms. The number of unbranched alkanes of at least 4 members (excludes halogenated alkanes) is 2. The van der Waals surface area contributed by atoms with Crippen LogP contribution in [-0.4, -0.2) is 10.5 Å². The predicted octanol–water partition coefficient (Wildman–Crippen LogP) is 3.27. The smallest absolute Gasteiger partial charge is 0.167 e. The van der Waals surface area contributed by atoms with E-state index in [4.69, 9.17) is 4.74 Å². The second-order valence-corrected chi connectivity index (χ2v) is 4.73. The van der Waals surface area contributed by atoms with E-state index < -0.39 is 0 Å². The third-order valence-electron chi connectivity index (χ3n) is 0.992. The van der Waals surface area contributed by atoms with Crippen molar-refractivity contribution in [1.29, 1.82) is 0 Å². The number of hydrogen-bond acceptors (Lipinski definition) is 1. The van der Waals surface area contributed by atoms with Crippen molar-refractivity contribution in [2.45, 2.75) is 30.1 Å². The Morgan fingerprint density at radius 1 is 1.33 bits per heavy atom. The fourth-order valence-electron chi connectivity index (χ4n) is 0.524. The van der Waals surface area contributed by atoms with Crippen LogP contribution in [0.1, 0.15) is 26.2 Å². The van der Waals surface area contributed by atoms with Crippen LogP contribution >= 0.6 is 31.9 Å². The summed E-state index contributed by atoms with van der Waals surface area (Å²) in [6.07, 6.45) is 3.66. The standard InChI is InChI=1S/C6H12Br2O/c1-2-3-4-5-9-6(7)8/h6H,2-5H2,1H3. The number of alkyl halides is 2. The van der Waals surface area contributed by atoms with E-state index in [1.54, 1.807) is 0 Å². The Kier molecular flexibility index (Phi) is 7.75. The molecule has 0 saturated heterocycles. The van der Waals surface area contributed by atoms with Crippen LogP contribution in [0.3, 0.4) is 0 Å². The van der Waals surface area contributed by atoms with E-state index >= 15 is 0 Å². The topological polar surface area (TPSA) is 9.23 Å². The van der Waals surface area contributed by atoms with Crippen LogP contribution < -0.4 is 0 Å². The summed E-state index contributed by atoms with van der Waals surface area (Å²) < 4.78 is 5.21. The molecule has 0 bridgehead atoms. The summed E-state index contributed by atoms with van der Waals surface area (Å²) in [4.78, 5) is 0. The van der Waals surface area contributed by atoms with E-state index in [1.165, 1.54) is 12.8 Å². The van der Waals surface area contributed by atoms with Gasteiger partial charge in [-0.15, -0.1) is 0 Å². The molecule has 0 heterocycles. The van der Waals surface area contributed by atoms with Gasteiger partial charge in [-0.25, -0.2) is 0 Å². The average molecular weight is 260 g/mol. The van der Waals surface area contributed by atoms with Crippen LogP contribution in [0.25, 0.3) is 0 Å². The van der Waals surface area contributed by atoms with Crippen molar-refractivity contribution in [2.24, 2.45) is 0 Å². The Morgan fingerprint density at radius 3 is 2.44 bits per heavy atom. The molecule has 0 aromatic heterocycles. The molecule has 0 aliphatic rings. The Morgan fingerprint density at radius 2 is 2.00 bits per heavy atom. The van der Waals surface area contributed by atoms with Gasteiger partial charge in [0.2, 0.25) is 0 Å². The summed E-state index contributed by atoms with van der Waals surface area (Å²) in [5.41, 5.74) is 0. The molecule has 0 saturated carbocycles. The summed E-state index contributed by atoms with van der Waals surface area (Å²) in [6.45, 7) is 3.02. The van der Waals surface area contributed by atoms with Crippen LogP contribution in [0.15, 0.2) is 0 Å². The lowest BCUT2D eigenvalue weighted by Crippen LogP contribution is -1.96. The van der Waals surface area contributed by atoms with Gasteiger partial charge in [-0.1, -0.05) is 19.8 Å². The van der Waals surface area contributed by atoms with Gasteiger partial charge in [0.05, 0.1) is 0 Å². The minimum atomic E-state index is 0.0295. The second kappa shape index (κ2) is 7.03. The van der Waals surface area contributed by atoms with Gasteiger partial charge in [-0.05, 0) is 38.3 Å². The quantitative estimate of drug-likeness (QED) is 0.544. The molecule has 0 unspecified atom stereocenters. The predicted molar refractivity (Wildman–Crippen MR) is 47.1 cm³/mol. The molecule has 0 N–H and O–H groups in total. The zero-order valence-corrected chi connectivity index (χ0v) is 8.74. The third-order valence-corrected chi connectivity index (χ3v) is 1.52. The maximum atomic E-state index is 5.18. The van der Waals surface area contributed by atoms with Gasteiger partial charge in [-0.3, -0.25) is 0 Å². The largest absolute Gasteiger partial charge is 0.356 e. The Balaban J connectivity index is 2.75. The highest BCUT2D eigenvalue weighted by Crippen LogP contribution is 2.09. The minimum Gasteiger partial charge on any atom is -0.356 e. The normalized spacial score (nSPS) is 10.7. The van der Waals surface area contributed by atoms with Crippen LogP contribution in [-0.2, 0) is 4.74 Å². The summed E-state index contributed by atoms with van der Waals surface area (Å²) in [5.74, 6) is 0. The molecule has 0 fully saturated rings. The van der Waals surface area contributed by atoms with E-state index in [9.17, 15) is 0 Å². The highest BCUT2D eigenvalue weighted by Gasteiger charge is 1.94. The lowest BCUT2D eigenvalue weighted by atomic mass is 10.3. The molecule has 0 amide bonds. The molecule has 0 aromatic rings. The van der Waals surface area contributed by atoms with E-state index in [0.29, 0.717) is 0 Å². The molecule has 0 aliphatic heterocycles. The Bertz CT molecular complexity index is 57.0. The van der Waals surface area contributed by atoms with E-state index in [2.05, 4.69) is 38.8 Å². The van der Waals surface area contributed by atoms with Gasteiger partial charge in [0.25, 0.3) is 0 Å². The summed E-state index contributed by atoms with van der Waals surface area (Å²) >= 11 is 6.44. The van der Waals surface area contributed by atoms with Crippen molar-refractivity contribution in [3.63, 3.8) is 0 Å². The first-order valence-electron chi connectivity index (χ1n) is 3.17. The van der Waals surface area contributed by atoms with Crippen molar-refractivity contribution in [2.75, 3.05) is 6.61 Å². The first-order valence-corrected chi connectivity index (χ1v) is 5.00. The zero-order valence-electron chi connectivity index (χ0n) is 5.57. The van der Waals surface area contributed by atoms with Gasteiger partial charge in [0.15, 0.2) is 3.92 Å². The lowest BCUT2D eigenvalue weighted by Gasteiger charge is -2.02. The molecule has 1 nitrogen and oxygen atoms in total. The zero-order chi connectivity index (χ0) is 7.11. The van der Waals surface area contributed by atoms with Crippen molar-refractivity contribution in [3.05, 3.63) is 0 Å². The first kappa shape index (κ1) is 9.92. The number of rotatable bonds is 5. The molecule has 0 aromatic carbocycles. The monoisotopic (exact) mass is 258 g/mol. The van der Waals surface area contributed by atoms with E-state index in [1.807, 2.05) is 0 Å². The van der Waals surface area contributed by atoms with Crippen LogP contribution in [0.5, 0.6) is 0 Å². The fraction of sp³-hybridized carbons (Fsp3) is 1.00. The molecular formula is C6H12Br2O. The molecule has 3 heteroatoms. The van der Waals surface area contributed by atoms with Crippen LogP contribution in [0.2, 0.25) is 0 Å². The Labute approximate surface area is 73.4 Å². The van der Waals surface area contributed by atoms with Gasteiger partial charge < -0.3 is 4.74 Å². The summed E-state index contributed by atoms with van der Waals surface area (Å²) in [7, 11) is 0. The minimum absolute atomic E-state index is 0.0295. The van der Waals surface area contributed by atoms with Crippen molar-refractivity contribution < 1.29 is 4.74 Å². The number of ether oxygens (including phenoxy) is 1. The molecule has 9 heavy (non-hydrogen) atoms. The van der Waals surface area contributed by atoms with E-state index in [-0.39, 0.29) is 3.92 Å². The summed E-state index contributed by atoms with van der Waals surface area (Å²) in [6, 6.07) is 0. The fourth-order valence-corrected chi connectivity index (χ4v) is 0.898. The molecule has 0 rings (SSSR count). The van der Waals surface area contributed by atoms with Crippen molar-refractivity contribution in [3.8, 4) is 0 Å². The van der Waals surface area contributed by atoms with E-state index in [0.717, 1.165) is 13.0 Å². The molecule has 56 valence electrons. The molecule has 0 aliphatic carbocycles. The molecular weight excluding hydrogens is 248 g/mol. The van der Waals surface area contributed by atoms with Gasteiger partial charge in [0.1, 0.15) is 0 Å². The lowest BCUT2D eigenvalue weighted by molar-refractivity contribution is 0.165. The SMILES string of the molecule is CCCCCOC(Br)Br. The second-order valence-electron chi connectivity index (χ2n) is 1.84. The highest BCUT2D eigenvalue weighted by atomic mass is 79.9. The first-order chi connectivity index (χ1) is 4.27.